The number of allylic oxidation sites excluding steroid dienone is 2. The van der Waals surface area contributed by atoms with Gasteiger partial charge in [0.1, 0.15) is 6.54 Å². The molecule has 86 valence electrons. The van der Waals surface area contributed by atoms with E-state index in [9.17, 15) is 0 Å². The molecule has 0 amide bonds. The van der Waals surface area contributed by atoms with Gasteiger partial charge in [0.15, 0.2) is 0 Å². The van der Waals surface area contributed by atoms with Crippen LogP contribution in [0.25, 0.3) is 0 Å². The lowest BCUT2D eigenvalue weighted by Gasteiger charge is -2.34. The molecule has 0 fully saturated rings. The molecule has 0 bridgehead atoms. The third-order valence-electron chi connectivity index (χ3n) is 3.46. The molecule has 0 radical (unpaired) electrons. The van der Waals surface area contributed by atoms with Crippen molar-refractivity contribution in [3.63, 3.8) is 0 Å². The molecule has 1 aliphatic rings. The first-order valence-corrected chi connectivity index (χ1v) is 6.53. The van der Waals surface area contributed by atoms with E-state index in [0.29, 0.717) is 0 Å². The second-order valence-corrected chi connectivity index (χ2v) is 4.62. The molecule has 1 nitrogen and oxygen atoms in total. The Balaban J connectivity index is 2.22. The molecule has 1 atom stereocenters. The molecule has 0 spiro atoms. The molecule has 15 heavy (non-hydrogen) atoms. The van der Waals surface area contributed by atoms with Gasteiger partial charge in [-0.05, 0) is 31.9 Å². The van der Waals surface area contributed by atoms with Gasteiger partial charge in [0.2, 0.25) is 0 Å². The second-order valence-electron chi connectivity index (χ2n) is 4.62. The van der Waals surface area contributed by atoms with Crippen molar-refractivity contribution in [3.8, 4) is 0 Å². The fourth-order valence-corrected chi connectivity index (χ4v) is 2.23. The number of hydrogen-bond donors (Lipinski definition) is 0. The van der Waals surface area contributed by atoms with Crippen molar-refractivity contribution in [2.75, 3.05) is 19.6 Å². The molecule has 0 aromatic rings. The lowest BCUT2D eigenvalue weighted by atomic mass is 10.1. The Kier molecular flexibility index (Phi) is 5.70. The standard InChI is InChI=1S/C14H26N/c1-3-5-6-7-9-12-15(4-2)13-10-8-11-14-15/h8,10-11,13H,3-7,9,12,14H2,1-2H3/q+1. The average Bonchev–Trinajstić information content (AvgIpc) is 2.30. The van der Waals surface area contributed by atoms with Gasteiger partial charge < -0.3 is 0 Å². The fourth-order valence-electron chi connectivity index (χ4n) is 2.23. The molecule has 0 aromatic carbocycles. The summed E-state index contributed by atoms with van der Waals surface area (Å²) in [5.74, 6) is 0. The van der Waals surface area contributed by atoms with Gasteiger partial charge in [0.05, 0.1) is 19.3 Å². The van der Waals surface area contributed by atoms with Crippen LogP contribution in [0.2, 0.25) is 0 Å². The van der Waals surface area contributed by atoms with Crippen LogP contribution < -0.4 is 0 Å². The molecule has 0 aliphatic carbocycles. The molecule has 0 saturated carbocycles. The molecule has 1 rings (SSSR count). The molecule has 0 saturated heterocycles. The van der Waals surface area contributed by atoms with E-state index in [0.717, 1.165) is 0 Å². The predicted octanol–water partition coefficient (Wildman–Crippen LogP) is 3.88. The highest BCUT2D eigenvalue weighted by molar-refractivity contribution is 5.03. The summed E-state index contributed by atoms with van der Waals surface area (Å²) >= 11 is 0. The predicted molar refractivity (Wildman–Crippen MR) is 67.6 cm³/mol. The van der Waals surface area contributed by atoms with Crippen molar-refractivity contribution in [3.05, 3.63) is 24.4 Å². The maximum atomic E-state index is 2.37. The molecule has 0 N–H and O–H groups in total. The van der Waals surface area contributed by atoms with Gasteiger partial charge in [0.25, 0.3) is 0 Å². The van der Waals surface area contributed by atoms with Gasteiger partial charge in [-0.2, -0.15) is 0 Å². The first-order valence-electron chi connectivity index (χ1n) is 6.53. The highest BCUT2D eigenvalue weighted by atomic mass is 15.3. The summed E-state index contributed by atoms with van der Waals surface area (Å²) in [5.41, 5.74) is 0. The summed E-state index contributed by atoms with van der Waals surface area (Å²) in [6, 6.07) is 0. The third-order valence-corrected chi connectivity index (χ3v) is 3.46. The molecular weight excluding hydrogens is 182 g/mol. The van der Waals surface area contributed by atoms with E-state index in [1.54, 1.807) is 0 Å². The fraction of sp³-hybridized carbons (Fsp3) is 0.714. The van der Waals surface area contributed by atoms with Crippen LogP contribution in [0.3, 0.4) is 0 Å². The highest BCUT2D eigenvalue weighted by Crippen LogP contribution is 2.15. The van der Waals surface area contributed by atoms with Crippen LogP contribution in [0.5, 0.6) is 0 Å². The van der Waals surface area contributed by atoms with Crippen LogP contribution in [0.1, 0.15) is 46.0 Å². The van der Waals surface area contributed by atoms with Gasteiger partial charge in [-0.1, -0.05) is 32.3 Å². The lowest BCUT2D eigenvalue weighted by molar-refractivity contribution is -0.872. The Bertz CT molecular complexity index is 217. The van der Waals surface area contributed by atoms with E-state index in [-0.39, 0.29) is 0 Å². The molecular formula is C14H26N+. The maximum Gasteiger partial charge on any atom is 0.102 e. The monoisotopic (exact) mass is 208 g/mol. The Morgan fingerprint density at radius 1 is 1.00 bits per heavy atom. The van der Waals surface area contributed by atoms with E-state index in [1.165, 1.54) is 56.2 Å². The average molecular weight is 208 g/mol. The van der Waals surface area contributed by atoms with Gasteiger partial charge in [-0.3, -0.25) is 4.48 Å². The van der Waals surface area contributed by atoms with E-state index in [4.69, 9.17) is 0 Å². The van der Waals surface area contributed by atoms with Crippen LogP contribution >= 0.6 is 0 Å². The first-order chi connectivity index (χ1) is 7.33. The quantitative estimate of drug-likeness (QED) is 0.440. The minimum atomic E-state index is 1.17. The van der Waals surface area contributed by atoms with E-state index in [1.807, 2.05) is 0 Å². The molecule has 0 aromatic heterocycles. The third kappa shape index (κ3) is 4.21. The number of hydrogen-bond acceptors (Lipinski definition) is 0. The van der Waals surface area contributed by atoms with Crippen molar-refractivity contribution in [1.82, 2.24) is 0 Å². The smallest absolute Gasteiger partial charge is 0.102 e. The van der Waals surface area contributed by atoms with Crippen molar-refractivity contribution in [2.24, 2.45) is 0 Å². The van der Waals surface area contributed by atoms with Gasteiger partial charge in [0, 0.05) is 0 Å². The minimum Gasteiger partial charge on any atom is -0.294 e. The molecule has 1 aliphatic heterocycles. The summed E-state index contributed by atoms with van der Waals surface area (Å²) < 4.78 is 1.17. The van der Waals surface area contributed by atoms with Crippen LogP contribution in [0.4, 0.5) is 0 Å². The molecule has 1 unspecified atom stereocenters. The zero-order valence-corrected chi connectivity index (χ0v) is 10.4. The minimum absolute atomic E-state index is 1.17. The summed E-state index contributed by atoms with van der Waals surface area (Å²) in [4.78, 5) is 0. The normalized spacial score (nSPS) is 24.7. The lowest BCUT2D eigenvalue weighted by Crippen LogP contribution is -2.44. The number of unbranched alkanes of at least 4 members (excludes halogenated alkanes) is 4. The number of rotatable bonds is 7. The zero-order chi connectivity index (χ0) is 11.0. The number of likely N-dealkylation sites (N-methyl/N-ethyl adjacent to an activating group) is 1. The van der Waals surface area contributed by atoms with Crippen LogP contribution in [-0.4, -0.2) is 24.1 Å². The van der Waals surface area contributed by atoms with Gasteiger partial charge >= 0.3 is 0 Å². The van der Waals surface area contributed by atoms with E-state index >= 15 is 0 Å². The van der Waals surface area contributed by atoms with Crippen molar-refractivity contribution < 1.29 is 4.48 Å². The van der Waals surface area contributed by atoms with Crippen LogP contribution in [0.15, 0.2) is 24.4 Å². The zero-order valence-electron chi connectivity index (χ0n) is 10.4. The highest BCUT2D eigenvalue weighted by Gasteiger charge is 2.21. The Labute approximate surface area is 95.1 Å². The molecule has 1 heteroatoms. The summed E-state index contributed by atoms with van der Waals surface area (Å²) in [6.07, 6.45) is 16.0. The second kappa shape index (κ2) is 6.84. The van der Waals surface area contributed by atoms with Gasteiger partial charge in [-0.15, -0.1) is 0 Å². The summed E-state index contributed by atoms with van der Waals surface area (Å²) in [6.45, 7) is 8.32. The van der Waals surface area contributed by atoms with Crippen molar-refractivity contribution in [2.45, 2.75) is 46.0 Å². The first kappa shape index (κ1) is 12.5. The SMILES string of the molecule is CCCCCCC[N+]1(CC)C=CC=CC1. The number of nitrogens with zero attached hydrogens (tertiary/aromatic N) is 1. The summed E-state index contributed by atoms with van der Waals surface area (Å²) in [5, 5.41) is 0. The van der Waals surface area contributed by atoms with E-state index < -0.39 is 0 Å². The van der Waals surface area contributed by atoms with Crippen LogP contribution in [0, 0.1) is 0 Å². The van der Waals surface area contributed by atoms with Crippen molar-refractivity contribution in [1.29, 1.82) is 0 Å². The topological polar surface area (TPSA) is 0 Å². The Hall–Kier alpha value is -0.560. The Morgan fingerprint density at radius 3 is 2.40 bits per heavy atom. The summed E-state index contributed by atoms with van der Waals surface area (Å²) in [7, 11) is 0. The largest absolute Gasteiger partial charge is 0.294 e. The Morgan fingerprint density at radius 2 is 1.80 bits per heavy atom. The van der Waals surface area contributed by atoms with Crippen LogP contribution in [-0.2, 0) is 0 Å². The molecule has 1 heterocycles. The van der Waals surface area contributed by atoms with Gasteiger partial charge in [-0.25, -0.2) is 0 Å². The maximum absolute atomic E-state index is 2.37. The number of quaternary nitrogens is 1. The van der Waals surface area contributed by atoms with Crippen molar-refractivity contribution >= 4 is 0 Å². The van der Waals surface area contributed by atoms with E-state index in [2.05, 4.69) is 38.3 Å².